The van der Waals surface area contributed by atoms with Crippen LogP contribution in [0.5, 0.6) is 11.5 Å². The Morgan fingerprint density at radius 2 is 0.767 bits per heavy atom. The minimum Gasteiger partial charge on any atom is -0.497 e. The SMILES string of the molecule is COc1ccc(Cn2c(S(=O)(=O)c3ccccc3)nnc2S(=O)(=O)c2ccccc2)cc1.COc1ccc(Cn2c(Sc3ccccc3)nnc2Sc2ccccc2)cc1. The van der Waals surface area contributed by atoms with Crippen molar-refractivity contribution in [3.05, 3.63) is 181 Å². The molecule has 0 aliphatic carbocycles. The van der Waals surface area contributed by atoms with Gasteiger partial charge in [-0.3, -0.25) is 9.13 Å². The fourth-order valence-corrected chi connectivity index (χ4v) is 10.2. The standard InChI is InChI=1S/C22H19N3O5S2.C22H19N3OS2/c1-30-18-14-12-17(13-15-18)16-25-21(31(26,27)19-8-4-2-5-9-19)23-24-22(25)32(28,29)20-10-6-3-7-11-20;1-26-18-14-12-17(13-15-18)16-25-21(27-19-8-4-2-5-9-19)23-24-22(25)28-20-10-6-3-7-11-20/h2-15H,16H2,1H3;2-15H,16H2,1H3. The van der Waals surface area contributed by atoms with Crippen molar-refractivity contribution in [2.24, 2.45) is 0 Å². The molecule has 2 heterocycles. The van der Waals surface area contributed by atoms with Crippen LogP contribution in [0.25, 0.3) is 0 Å². The molecule has 0 saturated heterocycles. The summed E-state index contributed by atoms with van der Waals surface area (Å²) in [5.41, 5.74) is 1.82. The van der Waals surface area contributed by atoms with Gasteiger partial charge in [0.1, 0.15) is 11.5 Å². The quantitative estimate of drug-likeness (QED) is 0.103. The first-order valence-electron chi connectivity index (χ1n) is 18.3. The molecule has 0 saturated carbocycles. The van der Waals surface area contributed by atoms with Gasteiger partial charge in [-0.05, 0) is 107 Å². The first-order valence-corrected chi connectivity index (χ1v) is 22.9. The molecule has 60 heavy (non-hydrogen) atoms. The summed E-state index contributed by atoms with van der Waals surface area (Å²) in [7, 11) is -5.04. The molecular formula is C44H38N6O6S4. The van der Waals surface area contributed by atoms with E-state index in [1.807, 2.05) is 48.5 Å². The van der Waals surface area contributed by atoms with E-state index in [0.717, 1.165) is 30.4 Å². The molecular weight excluding hydrogens is 837 g/mol. The Morgan fingerprint density at radius 1 is 0.433 bits per heavy atom. The first kappa shape index (κ1) is 41.9. The third-order valence-corrected chi connectivity index (χ3v) is 14.2. The van der Waals surface area contributed by atoms with Gasteiger partial charge >= 0.3 is 0 Å². The van der Waals surface area contributed by atoms with Gasteiger partial charge in [0.15, 0.2) is 10.3 Å². The van der Waals surface area contributed by atoms with E-state index >= 15 is 0 Å². The third-order valence-electron chi connectivity index (χ3n) is 8.86. The monoisotopic (exact) mass is 874 g/mol. The number of methoxy groups -OCH3 is 2. The molecule has 0 amide bonds. The van der Waals surface area contributed by atoms with Gasteiger partial charge in [0.2, 0.25) is 19.7 Å². The van der Waals surface area contributed by atoms with Crippen LogP contribution in [0, 0.1) is 0 Å². The minimum atomic E-state index is -4.12. The maximum Gasteiger partial charge on any atom is 0.255 e. The predicted octanol–water partition coefficient (Wildman–Crippen LogP) is 8.64. The highest BCUT2D eigenvalue weighted by Gasteiger charge is 2.33. The molecule has 12 nitrogen and oxygen atoms in total. The molecule has 0 atom stereocenters. The predicted molar refractivity (Wildman–Crippen MR) is 229 cm³/mol. The Kier molecular flexibility index (Phi) is 13.5. The number of hydrogen-bond donors (Lipinski definition) is 0. The van der Waals surface area contributed by atoms with E-state index in [1.165, 1.54) is 36.9 Å². The van der Waals surface area contributed by atoms with Crippen molar-refractivity contribution in [3.8, 4) is 11.5 Å². The molecule has 6 aromatic carbocycles. The fraction of sp³-hybridized carbons (Fsp3) is 0.0909. The van der Waals surface area contributed by atoms with E-state index in [1.54, 1.807) is 91.3 Å². The van der Waals surface area contributed by atoms with Gasteiger partial charge in [-0.15, -0.1) is 20.4 Å². The van der Waals surface area contributed by atoms with E-state index in [4.69, 9.17) is 9.47 Å². The van der Waals surface area contributed by atoms with Crippen LogP contribution in [0.2, 0.25) is 0 Å². The molecule has 0 spiro atoms. The number of rotatable bonds is 14. The summed E-state index contributed by atoms with van der Waals surface area (Å²) < 4.78 is 66.8. The van der Waals surface area contributed by atoms with Crippen LogP contribution in [0.1, 0.15) is 11.1 Å². The summed E-state index contributed by atoms with van der Waals surface area (Å²) in [6.07, 6.45) is 0. The van der Waals surface area contributed by atoms with Crippen LogP contribution in [0.4, 0.5) is 0 Å². The maximum atomic E-state index is 13.3. The van der Waals surface area contributed by atoms with Crippen molar-refractivity contribution in [3.63, 3.8) is 0 Å². The van der Waals surface area contributed by atoms with E-state index < -0.39 is 30.0 Å². The lowest BCUT2D eigenvalue weighted by Crippen LogP contribution is -2.17. The summed E-state index contributed by atoms with van der Waals surface area (Å²) in [5, 5.41) is 17.4. The molecule has 8 rings (SSSR count). The van der Waals surface area contributed by atoms with Crippen LogP contribution in [-0.4, -0.2) is 60.6 Å². The van der Waals surface area contributed by atoms with E-state index in [-0.39, 0.29) is 16.3 Å². The summed E-state index contributed by atoms with van der Waals surface area (Å²) in [5.74, 6) is 1.47. The second-order valence-corrected chi connectivity index (χ2v) is 18.6. The van der Waals surface area contributed by atoms with Crippen molar-refractivity contribution in [2.75, 3.05) is 14.2 Å². The average molecular weight is 875 g/mol. The maximum absolute atomic E-state index is 13.3. The Hall–Kier alpha value is -6.20. The molecule has 16 heteroatoms. The Balaban J connectivity index is 0.000000183. The van der Waals surface area contributed by atoms with Crippen LogP contribution < -0.4 is 9.47 Å². The largest absolute Gasteiger partial charge is 0.497 e. The number of aromatic nitrogens is 6. The van der Waals surface area contributed by atoms with Crippen LogP contribution in [-0.2, 0) is 32.8 Å². The van der Waals surface area contributed by atoms with Crippen molar-refractivity contribution in [2.45, 2.75) is 53.3 Å². The molecule has 0 aliphatic heterocycles. The molecule has 0 N–H and O–H groups in total. The molecule has 304 valence electrons. The lowest BCUT2D eigenvalue weighted by Gasteiger charge is -2.12. The first-order chi connectivity index (χ1) is 29.1. The molecule has 0 aliphatic rings. The summed E-state index contributed by atoms with van der Waals surface area (Å²) in [6, 6.07) is 50.9. The van der Waals surface area contributed by atoms with Crippen LogP contribution in [0.3, 0.4) is 0 Å². The van der Waals surface area contributed by atoms with Gasteiger partial charge in [0.25, 0.3) is 10.3 Å². The number of ether oxygens (including phenoxy) is 2. The molecule has 0 bridgehead atoms. The Morgan fingerprint density at radius 3 is 1.12 bits per heavy atom. The van der Waals surface area contributed by atoms with Crippen molar-refractivity contribution >= 4 is 43.2 Å². The lowest BCUT2D eigenvalue weighted by atomic mass is 10.2. The summed E-state index contributed by atoms with van der Waals surface area (Å²) >= 11 is 3.25. The zero-order valence-electron chi connectivity index (χ0n) is 32.3. The Labute approximate surface area is 357 Å². The highest BCUT2D eigenvalue weighted by molar-refractivity contribution is 8.00. The summed E-state index contributed by atoms with van der Waals surface area (Å²) in [4.78, 5) is 2.27. The van der Waals surface area contributed by atoms with Crippen molar-refractivity contribution in [1.29, 1.82) is 0 Å². The lowest BCUT2D eigenvalue weighted by molar-refractivity contribution is 0.414. The van der Waals surface area contributed by atoms with Crippen molar-refractivity contribution < 1.29 is 26.3 Å². The van der Waals surface area contributed by atoms with E-state index in [2.05, 4.69) is 61.4 Å². The number of nitrogens with zero attached hydrogens (tertiary/aromatic N) is 6. The van der Waals surface area contributed by atoms with Gasteiger partial charge < -0.3 is 9.47 Å². The van der Waals surface area contributed by atoms with Crippen LogP contribution in [0.15, 0.2) is 210 Å². The molecule has 0 unspecified atom stereocenters. The van der Waals surface area contributed by atoms with Gasteiger partial charge in [-0.2, -0.15) is 0 Å². The van der Waals surface area contributed by atoms with Gasteiger partial charge in [-0.1, -0.05) is 97.1 Å². The third kappa shape index (κ3) is 9.97. The molecule has 2 aromatic heterocycles. The second kappa shape index (κ2) is 19.2. The fourth-order valence-electron chi connectivity index (χ4n) is 5.79. The molecule has 0 radical (unpaired) electrons. The topological polar surface area (TPSA) is 148 Å². The molecule has 0 fully saturated rings. The van der Waals surface area contributed by atoms with Gasteiger partial charge in [0, 0.05) is 9.79 Å². The number of sulfone groups is 2. The van der Waals surface area contributed by atoms with Gasteiger partial charge in [0.05, 0.1) is 37.1 Å². The smallest absolute Gasteiger partial charge is 0.255 e. The Bertz CT molecular complexity index is 2700. The van der Waals surface area contributed by atoms with E-state index in [0.29, 0.717) is 17.9 Å². The zero-order chi connectivity index (χ0) is 42.0. The second-order valence-electron chi connectivity index (χ2n) is 12.9. The average Bonchev–Trinajstić information content (AvgIpc) is 3.89. The normalized spacial score (nSPS) is 11.4. The van der Waals surface area contributed by atoms with E-state index in [9.17, 15) is 16.8 Å². The zero-order valence-corrected chi connectivity index (χ0v) is 35.6. The highest BCUT2D eigenvalue weighted by atomic mass is 32.2. The minimum absolute atomic E-state index is 0.00737. The summed E-state index contributed by atoms with van der Waals surface area (Å²) in [6.45, 7) is 0.626. The number of hydrogen-bond acceptors (Lipinski definition) is 12. The van der Waals surface area contributed by atoms with Gasteiger partial charge in [-0.25, -0.2) is 16.8 Å². The molecule has 8 aromatic rings. The van der Waals surface area contributed by atoms with Crippen molar-refractivity contribution in [1.82, 2.24) is 29.5 Å². The van der Waals surface area contributed by atoms with Crippen LogP contribution >= 0.6 is 23.5 Å². The number of benzene rings is 6. The highest BCUT2D eigenvalue weighted by Crippen LogP contribution is 2.33.